The number of likely N-dealkylation sites (tertiary alicyclic amines) is 1. The SMILES string of the molecule is C/C(CN1C(=O)CCC1=O)=N/NC(=O)c1ccc([N+](=O)[O-])cc1. The maximum Gasteiger partial charge on any atom is 0.271 e. The van der Waals surface area contributed by atoms with Gasteiger partial charge in [0.1, 0.15) is 0 Å². The maximum atomic E-state index is 11.9. The van der Waals surface area contributed by atoms with E-state index in [0.29, 0.717) is 5.71 Å². The number of carbonyl (C=O) groups is 3. The van der Waals surface area contributed by atoms with Crippen LogP contribution < -0.4 is 5.43 Å². The number of carbonyl (C=O) groups excluding carboxylic acids is 3. The van der Waals surface area contributed by atoms with Gasteiger partial charge in [0.25, 0.3) is 11.6 Å². The summed E-state index contributed by atoms with van der Waals surface area (Å²) < 4.78 is 0. The van der Waals surface area contributed by atoms with Gasteiger partial charge < -0.3 is 0 Å². The van der Waals surface area contributed by atoms with Crippen molar-refractivity contribution in [3.05, 3.63) is 39.9 Å². The second kappa shape index (κ2) is 6.77. The van der Waals surface area contributed by atoms with Gasteiger partial charge in [0.2, 0.25) is 11.8 Å². The van der Waals surface area contributed by atoms with Crippen LogP contribution >= 0.6 is 0 Å². The number of imide groups is 1. The Balaban J connectivity index is 1.95. The number of nitrogens with one attached hydrogen (secondary N) is 1. The number of hydrogen-bond acceptors (Lipinski definition) is 6. The Kier molecular flexibility index (Phi) is 4.79. The van der Waals surface area contributed by atoms with E-state index in [1.165, 1.54) is 24.3 Å². The second-order valence-electron chi connectivity index (χ2n) is 4.97. The molecule has 1 aliphatic heterocycles. The predicted molar refractivity (Wildman–Crippen MR) is 79.6 cm³/mol. The Hall–Kier alpha value is -3.10. The fourth-order valence-electron chi connectivity index (χ4n) is 2.01. The molecule has 1 saturated heterocycles. The predicted octanol–water partition coefficient (Wildman–Crippen LogP) is 0.849. The molecule has 0 atom stereocenters. The molecular formula is C14H14N4O5. The fourth-order valence-corrected chi connectivity index (χ4v) is 2.01. The molecule has 9 nitrogen and oxygen atoms in total. The zero-order valence-corrected chi connectivity index (χ0v) is 12.3. The first-order chi connectivity index (χ1) is 10.9. The summed E-state index contributed by atoms with van der Waals surface area (Å²) in [5.74, 6) is -1.06. The molecular weight excluding hydrogens is 304 g/mol. The van der Waals surface area contributed by atoms with E-state index in [0.717, 1.165) is 4.90 Å². The second-order valence-corrected chi connectivity index (χ2v) is 4.97. The average molecular weight is 318 g/mol. The standard InChI is InChI=1S/C14H14N4O5/c1-9(8-17-12(19)6-7-13(17)20)15-16-14(21)10-2-4-11(5-3-10)18(22)23/h2-5H,6-8H2,1H3,(H,16,21)/b15-9-. The number of rotatable bonds is 5. The van der Waals surface area contributed by atoms with Crippen LogP contribution in [0.4, 0.5) is 5.69 Å². The summed E-state index contributed by atoms with van der Waals surface area (Å²) in [5, 5.41) is 14.4. The number of nitrogens with zero attached hydrogens (tertiary/aromatic N) is 3. The highest BCUT2D eigenvalue weighted by Crippen LogP contribution is 2.12. The summed E-state index contributed by atoms with van der Waals surface area (Å²) in [5.41, 5.74) is 2.76. The van der Waals surface area contributed by atoms with E-state index in [2.05, 4.69) is 10.5 Å². The van der Waals surface area contributed by atoms with Crippen molar-refractivity contribution >= 4 is 29.1 Å². The highest BCUT2D eigenvalue weighted by Gasteiger charge is 2.28. The molecule has 0 saturated carbocycles. The monoisotopic (exact) mass is 318 g/mol. The van der Waals surface area contributed by atoms with Gasteiger partial charge in [-0.25, -0.2) is 5.43 Å². The minimum absolute atomic E-state index is 0.0260. The molecule has 0 aromatic heterocycles. The van der Waals surface area contributed by atoms with Gasteiger partial charge in [0.15, 0.2) is 0 Å². The van der Waals surface area contributed by atoms with E-state index >= 15 is 0 Å². The molecule has 9 heteroatoms. The molecule has 1 aliphatic rings. The fraction of sp³-hybridized carbons (Fsp3) is 0.286. The minimum Gasteiger partial charge on any atom is -0.277 e. The lowest BCUT2D eigenvalue weighted by atomic mass is 10.2. The number of nitro groups is 1. The van der Waals surface area contributed by atoms with Crippen molar-refractivity contribution in [3.8, 4) is 0 Å². The molecule has 1 fully saturated rings. The molecule has 0 spiro atoms. The van der Waals surface area contributed by atoms with Crippen LogP contribution in [0.2, 0.25) is 0 Å². The van der Waals surface area contributed by atoms with E-state index in [9.17, 15) is 24.5 Å². The van der Waals surface area contributed by atoms with E-state index in [1.807, 2.05) is 0 Å². The summed E-state index contributed by atoms with van der Waals surface area (Å²) in [7, 11) is 0. The molecule has 1 aromatic carbocycles. The van der Waals surface area contributed by atoms with Crippen molar-refractivity contribution in [2.24, 2.45) is 5.10 Å². The Morgan fingerprint density at radius 1 is 1.26 bits per heavy atom. The van der Waals surface area contributed by atoms with Crippen molar-refractivity contribution in [2.45, 2.75) is 19.8 Å². The van der Waals surface area contributed by atoms with Gasteiger partial charge in [0, 0.05) is 30.5 Å². The third kappa shape index (κ3) is 3.96. The van der Waals surface area contributed by atoms with Crippen LogP contribution in [0.15, 0.2) is 29.4 Å². The topological polar surface area (TPSA) is 122 Å². The highest BCUT2D eigenvalue weighted by molar-refractivity contribution is 6.05. The van der Waals surface area contributed by atoms with Crippen molar-refractivity contribution in [3.63, 3.8) is 0 Å². The molecule has 1 N–H and O–H groups in total. The molecule has 0 unspecified atom stereocenters. The third-order valence-corrected chi connectivity index (χ3v) is 3.23. The van der Waals surface area contributed by atoms with E-state index in [1.54, 1.807) is 6.92 Å². The molecule has 3 amide bonds. The molecule has 2 rings (SSSR count). The summed E-state index contributed by atoms with van der Waals surface area (Å²) in [6, 6.07) is 5.05. The Morgan fingerprint density at radius 3 is 2.35 bits per heavy atom. The summed E-state index contributed by atoms with van der Waals surface area (Å²) in [4.78, 5) is 45.9. The first kappa shape index (κ1) is 16.3. The zero-order chi connectivity index (χ0) is 17.0. The van der Waals surface area contributed by atoms with Gasteiger partial charge in [-0.2, -0.15) is 5.10 Å². The van der Waals surface area contributed by atoms with Crippen LogP contribution in [0.5, 0.6) is 0 Å². The smallest absolute Gasteiger partial charge is 0.271 e. The average Bonchev–Trinajstić information content (AvgIpc) is 2.84. The van der Waals surface area contributed by atoms with Crippen LogP contribution in [0.25, 0.3) is 0 Å². The molecule has 0 bridgehead atoms. The minimum atomic E-state index is -0.561. The van der Waals surface area contributed by atoms with Crippen molar-refractivity contribution in [1.29, 1.82) is 0 Å². The van der Waals surface area contributed by atoms with Crippen molar-refractivity contribution in [2.75, 3.05) is 6.54 Å². The number of amides is 3. The molecule has 1 heterocycles. The van der Waals surface area contributed by atoms with Crippen LogP contribution in [0, 0.1) is 10.1 Å². The Morgan fingerprint density at radius 2 is 1.83 bits per heavy atom. The molecule has 0 radical (unpaired) electrons. The van der Waals surface area contributed by atoms with Crippen LogP contribution in [-0.4, -0.2) is 39.8 Å². The van der Waals surface area contributed by atoms with Gasteiger partial charge in [-0.05, 0) is 19.1 Å². The number of nitro benzene ring substituents is 1. The molecule has 23 heavy (non-hydrogen) atoms. The summed E-state index contributed by atoms with van der Waals surface area (Å²) in [6.07, 6.45) is 0.391. The first-order valence-electron chi connectivity index (χ1n) is 6.79. The number of non-ortho nitro benzene ring substituents is 1. The highest BCUT2D eigenvalue weighted by atomic mass is 16.6. The zero-order valence-electron chi connectivity index (χ0n) is 12.3. The van der Waals surface area contributed by atoms with Gasteiger partial charge >= 0.3 is 0 Å². The first-order valence-corrected chi connectivity index (χ1v) is 6.79. The van der Waals surface area contributed by atoms with Crippen LogP contribution in [0.3, 0.4) is 0 Å². The Bertz CT molecular complexity index is 680. The van der Waals surface area contributed by atoms with Gasteiger partial charge in [0.05, 0.1) is 17.2 Å². The lowest BCUT2D eigenvalue weighted by Gasteiger charge is -2.13. The molecule has 120 valence electrons. The van der Waals surface area contributed by atoms with Crippen molar-refractivity contribution < 1.29 is 19.3 Å². The van der Waals surface area contributed by atoms with Gasteiger partial charge in [-0.15, -0.1) is 0 Å². The normalized spacial score (nSPS) is 15.0. The Labute approximate surface area is 131 Å². The van der Waals surface area contributed by atoms with E-state index < -0.39 is 10.8 Å². The van der Waals surface area contributed by atoms with E-state index in [4.69, 9.17) is 0 Å². The molecule has 0 aliphatic carbocycles. The summed E-state index contributed by atoms with van der Waals surface area (Å²) >= 11 is 0. The lowest BCUT2D eigenvalue weighted by Crippen LogP contribution is -2.34. The number of benzene rings is 1. The van der Waals surface area contributed by atoms with Crippen LogP contribution in [0.1, 0.15) is 30.1 Å². The molecule has 1 aromatic rings. The number of hydrogen-bond donors (Lipinski definition) is 1. The number of hydrazone groups is 1. The van der Waals surface area contributed by atoms with Crippen molar-refractivity contribution in [1.82, 2.24) is 10.3 Å². The quantitative estimate of drug-likeness (QED) is 0.373. The van der Waals surface area contributed by atoms with Crippen LogP contribution in [-0.2, 0) is 9.59 Å². The lowest BCUT2D eigenvalue weighted by molar-refractivity contribution is -0.384. The third-order valence-electron chi connectivity index (χ3n) is 3.23. The maximum absolute atomic E-state index is 11.9. The van der Waals surface area contributed by atoms with Gasteiger partial charge in [-0.3, -0.25) is 29.4 Å². The van der Waals surface area contributed by atoms with E-state index in [-0.39, 0.29) is 42.5 Å². The summed E-state index contributed by atoms with van der Waals surface area (Å²) in [6.45, 7) is 1.60. The van der Waals surface area contributed by atoms with Gasteiger partial charge in [-0.1, -0.05) is 0 Å². The largest absolute Gasteiger partial charge is 0.277 e.